The van der Waals surface area contributed by atoms with Gasteiger partial charge in [-0.25, -0.2) is 9.37 Å². The Morgan fingerprint density at radius 2 is 1.74 bits per heavy atom. The van der Waals surface area contributed by atoms with Crippen molar-refractivity contribution in [2.45, 2.75) is 64.8 Å². The first-order chi connectivity index (χ1) is 18.5. The third-order valence-corrected chi connectivity index (χ3v) is 7.06. The number of carbonyl (C=O) groups is 1. The van der Waals surface area contributed by atoms with Crippen LogP contribution in [0.4, 0.5) is 4.39 Å². The van der Waals surface area contributed by atoms with Gasteiger partial charge in [0.05, 0.1) is 17.6 Å². The molecular formula is C32H38FN3O2. The van der Waals surface area contributed by atoms with Crippen molar-refractivity contribution in [2.24, 2.45) is 0 Å². The number of nitrogens with zero attached hydrogens (tertiary/aromatic N) is 2. The summed E-state index contributed by atoms with van der Waals surface area (Å²) in [5, 5.41) is 2.91. The number of hydrogen-bond acceptors (Lipinski definition) is 3. The van der Waals surface area contributed by atoms with Crippen LogP contribution < -0.4 is 10.1 Å². The molecule has 3 aromatic carbocycles. The smallest absolute Gasteiger partial charge is 0.251 e. The number of aryl methyl sites for hydroxylation is 2. The molecule has 1 aromatic heterocycles. The molecule has 0 fully saturated rings. The van der Waals surface area contributed by atoms with E-state index in [0.717, 1.165) is 67.7 Å². The van der Waals surface area contributed by atoms with Crippen LogP contribution in [0.3, 0.4) is 0 Å². The highest BCUT2D eigenvalue weighted by molar-refractivity contribution is 5.94. The summed E-state index contributed by atoms with van der Waals surface area (Å²) in [7, 11) is 0. The number of rotatable bonds is 14. The summed E-state index contributed by atoms with van der Waals surface area (Å²) < 4.78 is 21.4. The van der Waals surface area contributed by atoms with Gasteiger partial charge in [0.2, 0.25) is 0 Å². The molecule has 38 heavy (non-hydrogen) atoms. The van der Waals surface area contributed by atoms with E-state index in [1.165, 1.54) is 29.8 Å². The Balaban J connectivity index is 1.23. The van der Waals surface area contributed by atoms with Crippen molar-refractivity contribution in [3.8, 4) is 5.75 Å². The quantitative estimate of drug-likeness (QED) is 0.179. The number of ether oxygens (including phenoxy) is 1. The summed E-state index contributed by atoms with van der Waals surface area (Å²) in [6, 6.07) is 22.4. The van der Waals surface area contributed by atoms with Gasteiger partial charge in [0.25, 0.3) is 5.91 Å². The van der Waals surface area contributed by atoms with Crippen molar-refractivity contribution in [3.63, 3.8) is 0 Å². The minimum atomic E-state index is -0.341. The maximum absolute atomic E-state index is 13.0. The van der Waals surface area contributed by atoms with E-state index in [1.807, 2.05) is 6.07 Å². The molecule has 0 aliphatic carbocycles. The second-order valence-corrected chi connectivity index (χ2v) is 9.82. The molecule has 0 saturated carbocycles. The van der Waals surface area contributed by atoms with E-state index in [2.05, 4.69) is 66.2 Å². The van der Waals surface area contributed by atoms with Gasteiger partial charge in [-0.1, -0.05) is 44.5 Å². The minimum absolute atomic E-state index is 0.166. The van der Waals surface area contributed by atoms with Gasteiger partial charge in [0.15, 0.2) is 0 Å². The number of unbranched alkanes of at least 4 members (excludes halogenated alkanes) is 2. The van der Waals surface area contributed by atoms with Gasteiger partial charge >= 0.3 is 0 Å². The summed E-state index contributed by atoms with van der Waals surface area (Å²) >= 11 is 0. The van der Waals surface area contributed by atoms with E-state index >= 15 is 0 Å². The molecule has 0 radical (unpaired) electrons. The lowest BCUT2D eigenvalue weighted by Gasteiger charge is -2.12. The van der Waals surface area contributed by atoms with Crippen molar-refractivity contribution >= 4 is 16.9 Å². The average Bonchev–Trinajstić information content (AvgIpc) is 3.30. The van der Waals surface area contributed by atoms with Crippen LogP contribution in [0.2, 0.25) is 0 Å². The lowest BCUT2D eigenvalue weighted by Crippen LogP contribution is -2.24. The number of benzene rings is 3. The number of aromatic nitrogens is 2. The van der Waals surface area contributed by atoms with Gasteiger partial charge in [-0.05, 0) is 85.7 Å². The van der Waals surface area contributed by atoms with Gasteiger partial charge in [0, 0.05) is 25.1 Å². The van der Waals surface area contributed by atoms with Crippen LogP contribution in [-0.2, 0) is 13.0 Å². The highest BCUT2D eigenvalue weighted by Crippen LogP contribution is 2.22. The molecule has 6 heteroatoms. The van der Waals surface area contributed by atoms with Crippen LogP contribution in [0.25, 0.3) is 11.0 Å². The van der Waals surface area contributed by atoms with Gasteiger partial charge in [-0.2, -0.15) is 0 Å². The highest BCUT2D eigenvalue weighted by atomic mass is 19.1. The molecule has 4 aromatic rings. The molecule has 1 N–H and O–H groups in total. The van der Waals surface area contributed by atoms with Crippen molar-refractivity contribution in [1.29, 1.82) is 0 Å². The van der Waals surface area contributed by atoms with Crippen LogP contribution in [0.15, 0.2) is 72.8 Å². The maximum Gasteiger partial charge on any atom is 0.251 e. The van der Waals surface area contributed by atoms with Gasteiger partial charge in [-0.3, -0.25) is 4.79 Å². The zero-order valence-corrected chi connectivity index (χ0v) is 22.5. The molecule has 1 atom stereocenters. The Bertz CT molecular complexity index is 1300. The normalized spacial score (nSPS) is 12.0. The minimum Gasteiger partial charge on any atom is -0.494 e. The van der Waals surface area contributed by atoms with E-state index < -0.39 is 0 Å². The van der Waals surface area contributed by atoms with Crippen LogP contribution >= 0.6 is 0 Å². The van der Waals surface area contributed by atoms with E-state index in [9.17, 15) is 9.18 Å². The first-order valence-corrected chi connectivity index (χ1v) is 13.8. The summed E-state index contributed by atoms with van der Waals surface area (Å²) in [5.74, 6) is 2.07. The van der Waals surface area contributed by atoms with E-state index in [1.54, 1.807) is 0 Å². The van der Waals surface area contributed by atoms with E-state index in [-0.39, 0.29) is 11.7 Å². The molecule has 0 bridgehead atoms. The molecule has 1 unspecified atom stereocenters. The number of hydrogen-bond donors (Lipinski definition) is 1. The van der Waals surface area contributed by atoms with Crippen LogP contribution in [0.1, 0.15) is 73.6 Å². The molecule has 1 amide bonds. The zero-order chi connectivity index (χ0) is 26.7. The standard InChI is InChI=1S/C32H38FN3O2/c1-3-24(2)25-15-19-28(20-16-25)38-23-9-22-36-30-11-7-6-10-29(30)35-31(36)12-5-4-8-21-34-32(37)26-13-17-27(33)18-14-26/h6-7,10-11,13-20,24H,3-5,8-9,12,21-23H2,1-2H3,(H,34,37). The predicted molar refractivity (Wildman–Crippen MR) is 151 cm³/mol. The molecule has 0 aliphatic heterocycles. The Kier molecular flexibility index (Phi) is 9.90. The zero-order valence-electron chi connectivity index (χ0n) is 22.5. The lowest BCUT2D eigenvalue weighted by molar-refractivity contribution is 0.0953. The van der Waals surface area contributed by atoms with Crippen molar-refractivity contribution in [3.05, 3.63) is 95.6 Å². The Morgan fingerprint density at radius 3 is 2.50 bits per heavy atom. The molecule has 4 rings (SSSR count). The largest absolute Gasteiger partial charge is 0.494 e. The molecule has 0 saturated heterocycles. The van der Waals surface area contributed by atoms with Crippen molar-refractivity contribution < 1.29 is 13.9 Å². The summed E-state index contributed by atoms with van der Waals surface area (Å²) in [5.41, 5.74) is 4.01. The number of nitrogens with one attached hydrogen (secondary N) is 1. The SMILES string of the molecule is CCC(C)c1ccc(OCCCn2c(CCCCCNC(=O)c3ccc(F)cc3)nc3ccccc32)cc1. The van der Waals surface area contributed by atoms with Gasteiger partial charge in [-0.15, -0.1) is 0 Å². The lowest BCUT2D eigenvalue weighted by atomic mass is 9.99. The molecular weight excluding hydrogens is 477 g/mol. The monoisotopic (exact) mass is 515 g/mol. The summed E-state index contributed by atoms with van der Waals surface area (Å²) in [6.07, 6.45) is 5.79. The van der Waals surface area contributed by atoms with E-state index in [4.69, 9.17) is 9.72 Å². The topological polar surface area (TPSA) is 56.1 Å². The summed E-state index contributed by atoms with van der Waals surface area (Å²) in [4.78, 5) is 17.1. The summed E-state index contributed by atoms with van der Waals surface area (Å²) in [6.45, 7) is 6.57. The fourth-order valence-corrected chi connectivity index (χ4v) is 4.60. The van der Waals surface area contributed by atoms with Crippen molar-refractivity contribution in [1.82, 2.24) is 14.9 Å². The van der Waals surface area contributed by atoms with Crippen LogP contribution in [0.5, 0.6) is 5.75 Å². The molecule has 0 spiro atoms. The number of imidazole rings is 1. The van der Waals surface area contributed by atoms with Crippen LogP contribution in [0, 0.1) is 5.82 Å². The first-order valence-electron chi connectivity index (χ1n) is 13.8. The van der Waals surface area contributed by atoms with Gasteiger partial charge in [0.1, 0.15) is 17.4 Å². The Morgan fingerprint density at radius 1 is 0.974 bits per heavy atom. The molecule has 0 aliphatic rings. The van der Waals surface area contributed by atoms with Crippen LogP contribution in [-0.4, -0.2) is 28.6 Å². The third-order valence-electron chi connectivity index (χ3n) is 7.06. The molecule has 200 valence electrons. The first kappa shape index (κ1) is 27.4. The molecule has 1 heterocycles. The Labute approximate surface area is 225 Å². The maximum atomic E-state index is 13.0. The van der Waals surface area contributed by atoms with E-state index in [0.29, 0.717) is 24.6 Å². The fraction of sp³-hybridized carbons (Fsp3) is 0.375. The highest BCUT2D eigenvalue weighted by Gasteiger charge is 2.11. The fourth-order valence-electron chi connectivity index (χ4n) is 4.60. The number of para-hydroxylation sites is 2. The second-order valence-electron chi connectivity index (χ2n) is 9.82. The average molecular weight is 516 g/mol. The Hall–Kier alpha value is -3.67. The van der Waals surface area contributed by atoms with Crippen molar-refractivity contribution in [2.75, 3.05) is 13.2 Å². The second kappa shape index (κ2) is 13.8. The number of amides is 1. The number of carbonyl (C=O) groups excluding carboxylic acids is 1. The molecule has 5 nitrogen and oxygen atoms in total. The third kappa shape index (κ3) is 7.44. The number of halogens is 1. The van der Waals surface area contributed by atoms with Gasteiger partial charge < -0.3 is 14.6 Å². The number of fused-ring (bicyclic) bond motifs is 1. The predicted octanol–water partition coefficient (Wildman–Crippen LogP) is 7.30.